The second kappa shape index (κ2) is 7.11. The second-order valence-corrected chi connectivity index (χ2v) is 5.18. The molecular weight excluding hydrogens is 270 g/mol. The van der Waals surface area contributed by atoms with Crippen LogP contribution < -0.4 is 10.1 Å². The number of carbonyl (C=O) groups excluding carboxylic acids is 1. The standard InChI is InChI=1S/C16H23NO4/c1-5-16(6-2,15(19)20)10-17-14(18)12-9-11(3)7-8-13(12)21-4/h7-9H,5-6,10H2,1-4H3,(H,17,18)(H,19,20). The Labute approximate surface area is 125 Å². The molecule has 0 saturated carbocycles. The molecule has 21 heavy (non-hydrogen) atoms. The SMILES string of the molecule is CCC(CC)(CNC(=O)c1cc(C)ccc1OC)C(=O)O. The van der Waals surface area contributed by atoms with E-state index in [1.807, 2.05) is 26.8 Å². The maximum Gasteiger partial charge on any atom is 0.311 e. The summed E-state index contributed by atoms with van der Waals surface area (Å²) >= 11 is 0. The number of carboxylic acids is 1. The van der Waals surface area contributed by atoms with Gasteiger partial charge in [-0.05, 0) is 31.9 Å². The van der Waals surface area contributed by atoms with Crippen LogP contribution >= 0.6 is 0 Å². The van der Waals surface area contributed by atoms with Crippen molar-refractivity contribution in [3.63, 3.8) is 0 Å². The van der Waals surface area contributed by atoms with Crippen LogP contribution in [0.15, 0.2) is 18.2 Å². The van der Waals surface area contributed by atoms with E-state index in [0.29, 0.717) is 24.2 Å². The van der Waals surface area contributed by atoms with Crippen LogP contribution in [0.3, 0.4) is 0 Å². The molecule has 2 N–H and O–H groups in total. The molecule has 0 atom stereocenters. The smallest absolute Gasteiger partial charge is 0.311 e. The number of aliphatic carboxylic acids is 1. The summed E-state index contributed by atoms with van der Waals surface area (Å²) in [7, 11) is 1.50. The number of ether oxygens (including phenoxy) is 1. The van der Waals surface area contributed by atoms with Gasteiger partial charge in [0.2, 0.25) is 0 Å². The molecule has 1 amide bonds. The van der Waals surface area contributed by atoms with Crippen molar-refractivity contribution in [1.29, 1.82) is 0 Å². The number of hydrogen-bond donors (Lipinski definition) is 2. The van der Waals surface area contributed by atoms with Crippen molar-refractivity contribution >= 4 is 11.9 Å². The first-order valence-corrected chi connectivity index (χ1v) is 7.06. The molecule has 0 unspecified atom stereocenters. The van der Waals surface area contributed by atoms with E-state index >= 15 is 0 Å². The molecule has 5 nitrogen and oxygen atoms in total. The largest absolute Gasteiger partial charge is 0.496 e. The Morgan fingerprint density at radius 2 is 1.90 bits per heavy atom. The van der Waals surface area contributed by atoms with Gasteiger partial charge in [-0.3, -0.25) is 9.59 Å². The first-order valence-electron chi connectivity index (χ1n) is 7.06. The van der Waals surface area contributed by atoms with Gasteiger partial charge < -0.3 is 15.2 Å². The minimum absolute atomic E-state index is 0.102. The molecule has 116 valence electrons. The lowest BCUT2D eigenvalue weighted by molar-refractivity contribution is -0.149. The molecule has 0 radical (unpaired) electrons. The van der Waals surface area contributed by atoms with Gasteiger partial charge in [-0.1, -0.05) is 25.5 Å². The van der Waals surface area contributed by atoms with Crippen molar-refractivity contribution in [1.82, 2.24) is 5.32 Å². The quantitative estimate of drug-likeness (QED) is 0.810. The molecule has 0 aliphatic carbocycles. The van der Waals surface area contributed by atoms with Gasteiger partial charge in [-0.25, -0.2) is 0 Å². The third-order valence-corrected chi connectivity index (χ3v) is 3.99. The van der Waals surface area contributed by atoms with Gasteiger partial charge in [-0.15, -0.1) is 0 Å². The Balaban J connectivity index is 2.91. The van der Waals surface area contributed by atoms with Gasteiger partial charge in [0.1, 0.15) is 5.75 Å². The Morgan fingerprint density at radius 3 is 2.38 bits per heavy atom. The number of rotatable bonds is 7. The molecule has 0 fully saturated rings. The third kappa shape index (κ3) is 3.74. The van der Waals surface area contributed by atoms with Crippen LogP contribution in [-0.4, -0.2) is 30.6 Å². The summed E-state index contributed by atoms with van der Waals surface area (Å²) < 4.78 is 5.18. The van der Waals surface area contributed by atoms with E-state index in [9.17, 15) is 14.7 Å². The molecule has 0 aliphatic heterocycles. The fourth-order valence-electron chi connectivity index (χ4n) is 2.22. The number of carbonyl (C=O) groups is 2. The summed E-state index contributed by atoms with van der Waals surface area (Å²) in [6, 6.07) is 5.32. The van der Waals surface area contributed by atoms with Gasteiger partial charge in [0.05, 0.1) is 18.1 Å². The molecule has 1 aromatic rings. The van der Waals surface area contributed by atoms with Gasteiger partial charge in [-0.2, -0.15) is 0 Å². The predicted octanol–water partition coefficient (Wildman–Crippen LogP) is 2.62. The molecule has 0 bridgehead atoms. The summed E-state index contributed by atoms with van der Waals surface area (Å²) in [5, 5.41) is 12.1. The lowest BCUT2D eigenvalue weighted by Gasteiger charge is -2.27. The number of hydrogen-bond acceptors (Lipinski definition) is 3. The van der Waals surface area contributed by atoms with Crippen LogP contribution in [0.2, 0.25) is 0 Å². The van der Waals surface area contributed by atoms with Gasteiger partial charge in [0.25, 0.3) is 5.91 Å². The van der Waals surface area contributed by atoms with E-state index in [4.69, 9.17) is 4.74 Å². The summed E-state index contributed by atoms with van der Waals surface area (Å²) in [5.41, 5.74) is 0.438. The van der Waals surface area contributed by atoms with Crippen molar-refractivity contribution in [2.24, 2.45) is 5.41 Å². The fraction of sp³-hybridized carbons (Fsp3) is 0.500. The Hall–Kier alpha value is -2.04. The van der Waals surface area contributed by atoms with Crippen LogP contribution in [0.5, 0.6) is 5.75 Å². The van der Waals surface area contributed by atoms with Gasteiger partial charge in [0.15, 0.2) is 0 Å². The molecule has 1 aromatic carbocycles. The van der Waals surface area contributed by atoms with E-state index in [-0.39, 0.29) is 12.5 Å². The normalized spacial score (nSPS) is 11.0. The highest BCUT2D eigenvalue weighted by Crippen LogP contribution is 2.26. The van der Waals surface area contributed by atoms with E-state index in [1.165, 1.54) is 7.11 Å². The monoisotopic (exact) mass is 293 g/mol. The van der Waals surface area contributed by atoms with E-state index in [1.54, 1.807) is 12.1 Å². The molecular formula is C16H23NO4. The van der Waals surface area contributed by atoms with E-state index < -0.39 is 11.4 Å². The highest BCUT2D eigenvalue weighted by Gasteiger charge is 2.35. The predicted molar refractivity (Wildman–Crippen MR) is 80.7 cm³/mol. The Bertz CT molecular complexity index is 521. The Kier molecular flexibility index (Phi) is 5.76. The minimum atomic E-state index is -0.924. The number of methoxy groups -OCH3 is 1. The van der Waals surface area contributed by atoms with Crippen LogP contribution in [0.4, 0.5) is 0 Å². The minimum Gasteiger partial charge on any atom is -0.496 e. The van der Waals surface area contributed by atoms with Crippen molar-refractivity contribution in [3.8, 4) is 5.75 Å². The van der Waals surface area contributed by atoms with Crippen molar-refractivity contribution < 1.29 is 19.4 Å². The molecule has 0 spiro atoms. The molecule has 0 heterocycles. The van der Waals surface area contributed by atoms with Crippen LogP contribution in [-0.2, 0) is 4.79 Å². The zero-order valence-corrected chi connectivity index (χ0v) is 13.0. The number of benzene rings is 1. The third-order valence-electron chi connectivity index (χ3n) is 3.99. The van der Waals surface area contributed by atoms with Crippen molar-refractivity contribution in [3.05, 3.63) is 29.3 Å². The van der Waals surface area contributed by atoms with Crippen LogP contribution in [0.1, 0.15) is 42.6 Å². The number of amides is 1. The highest BCUT2D eigenvalue weighted by atomic mass is 16.5. The van der Waals surface area contributed by atoms with Crippen molar-refractivity contribution in [2.45, 2.75) is 33.6 Å². The first-order chi connectivity index (χ1) is 9.90. The molecule has 5 heteroatoms. The molecule has 0 aliphatic rings. The maximum absolute atomic E-state index is 12.3. The van der Waals surface area contributed by atoms with Crippen LogP contribution in [0, 0.1) is 12.3 Å². The first kappa shape index (κ1) is 17.0. The summed E-state index contributed by atoms with van der Waals surface area (Å²) in [6.45, 7) is 5.62. The second-order valence-electron chi connectivity index (χ2n) is 5.18. The topological polar surface area (TPSA) is 75.6 Å². The van der Waals surface area contributed by atoms with E-state index in [0.717, 1.165) is 5.56 Å². The summed E-state index contributed by atoms with van der Waals surface area (Å²) in [6.07, 6.45) is 0.925. The zero-order valence-electron chi connectivity index (χ0n) is 13.0. The van der Waals surface area contributed by atoms with Gasteiger partial charge >= 0.3 is 5.97 Å². The lowest BCUT2D eigenvalue weighted by Crippen LogP contribution is -2.42. The van der Waals surface area contributed by atoms with E-state index in [2.05, 4.69) is 5.32 Å². The fourth-order valence-corrected chi connectivity index (χ4v) is 2.22. The highest BCUT2D eigenvalue weighted by molar-refractivity contribution is 5.97. The molecule has 0 saturated heterocycles. The molecule has 0 aromatic heterocycles. The number of nitrogens with one attached hydrogen (secondary N) is 1. The Morgan fingerprint density at radius 1 is 1.29 bits per heavy atom. The number of carboxylic acid groups (broad SMARTS) is 1. The zero-order chi connectivity index (χ0) is 16.0. The summed E-state index contributed by atoms with van der Waals surface area (Å²) in [5.74, 6) is -0.723. The molecule has 1 rings (SSSR count). The average molecular weight is 293 g/mol. The van der Waals surface area contributed by atoms with Crippen molar-refractivity contribution in [2.75, 3.05) is 13.7 Å². The maximum atomic E-state index is 12.3. The lowest BCUT2D eigenvalue weighted by atomic mass is 9.82. The van der Waals surface area contributed by atoms with Crippen LogP contribution in [0.25, 0.3) is 0 Å². The number of aryl methyl sites for hydroxylation is 1. The average Bonchev–Trinajstić information content (AvgIpc) is 2.48. The summed E-state index contributed by atoms with van der Waals surface area (Å²) in [4.78, 5) is 23.7. The van der Waals surface area contributed by atoms with Gasteiger partial charge in [0, 0.05) is 6.54 Å².